The van der Waals surface area contributed by atoms with Gasteiger partial charge in [0.1, 0.15) is 6.54 Å². The van der Waals surface area contributed by atoms with Crippen molar-refractivity contribution in [3.63, 3.8) is 0 Å². The molecular weight excluding hydrogens is 354 g/mol. The first-order chi connectivity index (χ1) is 13.6. The van der Waals surface area contributed by atoms with E-state index in [9.17, 15) is 14.4 Å². The first-order valence-corrected chi connectivity index (χ1v) is 9.80. The molecule has 5 aliphatic rings. The van der Waals surface area contributed by atoms with E-state index in [0.29, 0.717) is 17.5 Å². The maximum atomic E-state index is 13.0. The minimum atomic E-state index is -0.359. The van der Waals surface area contributed by atoms with Crippen LogP contribution < -0.4 is 5.32 Å². The van der Waals surface area contributed by atoms with Crippen LogP contribution in [-0.4, -0.2) is 34.2 Å². The van der Waals surface area contributed by atoms with Gasteiger partial charge >= 0.3 is 0 Å². The summed E-state index contributed by atoms with van der Waals surface area (Å²) in [6.45, 7) is -0.226. The smallest absolute Gasteiger partial charge is 0.244 e. The number of rotatable bonds is 3. The number of imide groups is 1. The number of likely N-dealkylation sites (tertiary alicyclic amines) is 1. The summed E-state index contributed by atoms with van der Waals surface area (Å²) < 4.78 is 0. The molecule has 6 nitrogen and oxygen atoms in total. The highest BCUT2D eigenvalue weighted by Gasteiger charge is 2.67. The lowest BCUT2D eigenvalue weighted by Crippen LogP contribution is -2.40. The Labute approximate surface area is 161 Å². The van der Waals surface area contributed by atoms with Gasteiger partial charge in [-0.3, -0.25) is 24.3 Å². The quantitative estimate of drug-likeness (QED) is 0.661. The van der Waals surface area contributed by atoms with Gasteiger partial charge in [-0.05, 0) is 54.4 Å². The summed E-state index contributed by atoms with van der Waals surface area (Å²) in [7, 11) is 0. The molecule has 7 rings (SSSR count). The Morgan fingerprint density at radius 3 is 2.46 bits per heavy atom. The van der Waals surface area contributed by atoms with E-state index in [0.717, 1.165) is 17.3 Å². The molecule has 1 aliphatic heterocycles. The summed E-state index contributed by atoms with van der Waals surface area (Å²) in [6.07, 6.45) is 7.10. The molecule has 0 radical (unpaired) electrons. The molecule has 0 unspecified atom stereocenters. The average molecular weight is 373 g/mol. The number of amides is 3. The number of carbonyl (C=O) groups is 3. The van der Waals surface area contributed by atoms with Gasteiger partial charge in [0.2, 0.25) is 17.7 Å². The number of anilines is 1. The molecule has 6 heteroatoms. The molecule has 4 aliphatic carbocycles. The van der Waals surface area contributed by atoms with Gasteiger partial charge in [0.05, 0.1) is 23.0 Å². The van der Waals surface area contributed by atoms with E-state index in [4.69, 9.17) is 0 Å². The molecule has 6 atom stereocenters. The third-order valence-electron chi connectivity index (χ3n) is 6.98. The number of aromatic nitrogens is 1. The first kappa shape index (κ1) is 16.0. The number of hydrogen-bond donors (Lipinski definition) is 1. The van der Waals surface area contributed by atoms with Crippen molar-refractivity contribution < 1.29 is 14.4 Å². The van der Waals surface area contributed by atoms with Crippen molar-refractivity contribution >= 4 is 34.3 Å². The van der Waals surface area contributed by atoms with Crippen molar-refractivity contribution in [1.29, 1.82) is 0 Å². The van der Waals surface area contributed by atoms with Crippen molar-refractivity contribution in [3.05, 3.63) is 48.7 Å². The number of pyridine rings is 1. The Balaban J connectivity index is 1.23. The number of benzene rings is 1. The molecule has 1 aromatic carbocycles. The Morgan fingerprint density at radius 2 is 1.75 bits per heavy atom. The molecule has 1 aromatic heterocycles. The fourth-order valence-corrected chi connectivity index (χ4v) is 5.72. The van der Waals surface area contributed by atoms with Crippen LogP contribution in [0.5, 0.6) is 0 Å². The van der Waals surface area contributed by atoms with Crippen molar-refractivity contribution in [1.82, 2.24) is 9.88 Å². The van der Waals surface area contributed by atoms with E-state index in [2.05, 4.69) is 22.5 Å². The minimum absolute atomic E-state index is 0.172. The van der Waals surface area contributed by atoms with Crippen LogP contribution >= 0.6 is 0 Å². The fourth-order valence-electron chi connectivity index (χ4n) is 5.72. The summed E-state index contributed by atoms with van der Waals surface area (Å²) >= 11 is 0. The van der Waals surface area contributed by atoms with Crippen LogP contribution in [0.1, 0.15) is 6.42 Å². The zero-order valence-corrected chi connectivity index (χ0v) is 15.1. The number of hydrogen-bond acceptors (Lipinski definition) is 4. The van der Waals surface area contributed by atoms with Gasteiger partial charge in [0, 0.05) is 11.6 Å². The molecule has 2 saturated carbocycles. The van der Waals surface area contributed by atoms with Gasteiger partial charge in [-0.15, -0.1) is 0 Å². The van der Waals surface area contributed by atoms with Crippen LogP contribution in [0.3, 0.4) is 0 Å². The minimum Gasteiger partial charge on any atom is -0.324 e. The van der Waals surface area contributed by atoms with Gasteiger partial charge in [-0.25, -0.2) is 0 Å². The van der Waals surface area contributed by atoms with E-state index in [1.54, 1.807) is 12.3 Å². The maximum absolute atomic E-state index is 13.0. The van der Waals surface area contributed by atoms with Gasteiger partial charge < -0.3 is 5.32 Å². The summed E-state index contributed by atoms with van der Waals surface area (Å²) in [6, 6.07) is 9.18. The molecule has 140 valence electrons. The van der Waals surface area contributed by atoms with Gasteiger partial charge in [-0.2, -0.15) is 0 Å². The van der Waals surface area contributed by atoms with Crippen molar-refractivity contribution in [2.24, 2.45) is 35.5 Å². The lowest BCUT2D eigenvalue weighted by Gasteiger charge is -2.37. The van der Waals surface area contributed by atoms with Crippen LogP contribution in [0.2, 0.25) is 0 Å². The highest BCUT2D eigenvalue weighted by Crippen LogP contribution is 2.65. The third-order valence-corrected chi connectivity index (χ3v) is 6.98. The molecule has 0 spiro atoms. The summed E-state index contributed by atoms with van der Waals surface area (Å²) in [5.41, 5.74) is 1.41. The van der Waals surface area contributed by atoms with Gasteiger partial charge in [-0.1, -0.05) is 18.2 Å². The first-order valence-electron chi connectivity index (χ1n) is 9.80. The standard InChI is InChI=1S/C22H19N3O3/c26-18(24-17-5-1-4-16-13(17)3-2-8-23-16)10-25-21(27)19-11-6-7-12(15-9-14(11)15)20(19)22(25)28/h1-8,11-12,14-15,19-20H,9-10H2,(H,24,26)/t11-,12-,14-,15-,19-,20+/m1/s1. The molecule has 2 heterocycles. The number of nitrogens with one attached hydrogen (secondary N) is 1. The van der Waals surface area contributed by atoms with E-state index >= 15 is 0 Å². The van der Waals surface area contributed by atoms with Crippen LogP contribution in [-0.2, 0) is 14.4 Å². The monoisotopic (exact) mass is 373 g/mol. The van der Waals surface area contributed by atoms with E-state index < -0.39 is 0 Å². The van der Waals surface area contributed by atoms with Crippen LogP contribution in [0, 0.1) is 35.5 Å². The molecule has 28 heavy (non-hydrogen) atoms. The highest BCUT2D eigenvalue weighted by molar-refractivity contribution is 6.10. The Bertz CT molecular complexity index is 1040. The van der Waals surface area contributed by atoms with E-state index in [-0.39, 0.29) is 47.9 Å². The molecule has 3 fully saturated rings. The van der Waals surface area contributed by atoms with Crippen molar-refractivity contribution in [2.45, 2.75) is 6.42 Å². The largest absolute Gasteiger partial charge is 0.324 e. The SMILES string of the molecule is O=C(CN1C(=O)[C@@H]2[C@@H]3C=C[C@H]([C@H]4C[C@H]34)[C@@H]2C1=O)Nc1cccc2ncccc12. The van der Waals surface area contributed by atoms with E-state index in [1.807, 2.05) is 24.3 Å². The predicted octanol–water partition coefficient (Wildman–Crippen LogP) is 2.23. The topological polar surface area (TPSA) is 79.4 Å². The zero-order chi connectivity index (χ0) is 19.0. The molecule has 2 aromatic rings. The normalized spacial score (nSPS) is 34.5. The molecule has 2 bridgehead atoms. The van der Waals surface area contributed by atoms with Crippen LogP contribution in [0.25, 0.3) is 10.9 Å². The Hall–Kier alpha value is -3.02. The zero-order valence-electron chi connectivity index (χ0n) is 15.1. The lowest BCUT2D eigenvalue weighted by atomic mass is 9.63. The molecular formula is C22H19N3O3. The van der Waals surface area contributed by atoms with Crippen LogP contribution in [0.15, 0.2) is 48.7 Å². The second-order valence-corrected chi connectivity index (χ2v) is 8.34. The molecule has 1 N–H and O–H groups in total. The average Bonchev–Trinajstić information content (AvgIpc) is 3.49. The number of carbonyl (C=O) groups excluding carboxylic acids is 3. The second-order valence-electron chi connectivity index (χ2n) is 8.34. The summed E-state index contributed by atoms with van der Waals surface area (Å²) in [5.74, 6) is 0.241. The Kier molecular flexibility index (Phi) is 3.14. The van der Waals surface area contributed by atoms with Crippen molar-refractivity contribution in [2.75, 3.05) is 11.9 Å². The maximum Gasteiger partial charge on any atom is 0.244 e. The lowest BCUT2D eigenvalue weighted by molar-refractivity contribution is -0.142. The molecule has 1 saturated heterocycles. The second kappa shape index (κ2) is 5.50. The summed E-state index contributed by atoms with van der Waals surface area (Å²) in [4.78, 5) is 44.1. The number of allylic oxidation sites excluding steroid dienone is 2. The summed E-state index contributed by atoms with van der Waals surface area (Å²) in [5, 5.41) is 3.68. The predicted molar refractivity (Wildman–Crippen MR) is 102 cm³/mol. The highest BCUT2D eigenvalue weighted by atomic mass is 16.2. The number of fused-ring (bicyclic) bond motifs is 1. The van der Waals surface area contributed by atoms with Crippen LogP contribution in [0.4, 0.5) is 5.69 Å². The third kappa shape index (κ3) is 2.08. The Morgan fingerprint density at radius 1 is 1.04 bits per heavy atom. The molecule has 3 amide bonds. The van der Waals surface area contributed by atoms with E-state index in [1.165, 1.54) is 4.90 Å². The fraction of sp³-hybridized carbons (Fsp3) is 0.364. The van der Waals surface area contributed by atoms with Crippen molar-refractivity contribution in [3.8, 4) is 0 Å². The van der Waals surface area contributed by atoms with Gasteiger partial charge in [0.25, 0.3) is 0 Å². The number of nitrogens with zero attached hydrogens (tertiary/aromatic N) is 2. The van der Waals surface area contributed by atoms with Gasteiger partial charge in [0.15, 0.2) is 0 Å².